The van der Waals surface area contributed by atoms with Gasteiger partial charge in [0, 0.05) is 47.7 Å². The predicted octanol–water partition coefficient (Wildman–Crippen LogP) is -1.41. The Bertz CT molecular complexity index is 1280. The average molecular weight is 598 g/mol. The van der Waals surface area contributed by atoms with E-state index >= 15 is 0 Å². The number of esters is 5. The molecule has 2 N–H and O–H groups in total. The smallest absolute Gasteiger partial charge is 0.349 e. The van der Waals surface area contributed by atoms with Crippen molar-refractivity contribution in [2.75, 3.05) is 11.9 Å². The van der Waals surface area contributed by atoms with E-state index in [4.69, 9.17) is 23.7 Å². The summed E-state index contributed by atoms with van der Waals surface area (Å²) in [5, 5.41) is 5.99. The van der Waals surface area contributed by atoms with E-state index in [-0.39, 0.29) is 5.82 Å². The van der Waals surface area contributed by atoms with Crippen LogP contribution in [0.3, 0.4) is 0 Å². The van der Waals surface area contributed by atoms with Crippen LogP contribution in [-0.2, 0) is 63.8 Å². The minimum Gasteiger partial charge on any atom is -0.462 e. The lowest BCUT2D eigenvalue weighted by molar-refractivity contribution is -0.197. The number of aromatic nitrogens is 2. The van der Waals surface area contributed by atoms with Gasteiger partial charge >= 0.3 is 35.5 Å². The molecule has 0 spiro atoms. The molecule has 4 atom stereocenters. The van der Waals surface area contributed by atoms with Crippen molar-refractivity contribution in [1.29, 1.82) is 0 Å². The Morgan fingerprint density at radius 3 is 1.93 bits per heavy atom. The molecule has 0 aromatic carbocycles. The summed E-state index contributed by atoms with van der Waals surface area (Å²) in [5.74, 6) is -5.80. The number of carbonyl (C=O) groups is 7. The first-order valence-corrected chi connectivity index (χ1v) is 12.1. The van der Waals surface area contributed by atoms with E-state index in [0.29, 0.717) is 0 Å². The molecule has 0 aliphatic rings. The van der Waals surface area contributed by atoms with Gasteiger partial charge in [-0.3, -0.25) is 38.1 Å². The third-order valence-corrected chi connectivity index (χ3v) is 4.59. The Morgan fingerprint density at radius 2 is 1.43 bits per heavy atom. The molecule has 1 rings (SSSR count). The van der Waals surface area contributed by atoms with Crippen LogP contribution in [0.4, 0.5) is 5.82 Å². The van der Waals surface area contributed by atoms with Crippen molar-refractivity contribution in [3.8, 4) is 0 Å². The lowest BCUT2D eigenvalue weighted by atomic mass is 10.0. The first kappa shape index (κ1) is 34.9. The summed E-state index contributed by atoms with van der Waals surface area (Å²) in [5.41, 5.74) is 1.22. The normalized spacial score (nSPS) is 13.5. The van der Waals surface area contributed by atoms with Crippen molar-refractivity contribution in [2.24, 2.45) is 5.10 Å². The molecule has 0 unspecified atom stereocenters. The monoisotopic (exact) mass is 597 g/mol. The third kappa shape index (κ3) is 13.3. The van der Waals surface area contributed by atoms with Crippen molar-refractivity contribution >= 4 is 53.7 Å². The standard InChI is InChI=1S/C24H31N5O13/c1-12(30)26-20-7-8-29(24(37)27-20)10-21(36)28-25-9-18(39-14(3)32)22(41-16(5)34)23(42-17(6)35)19(40-15(4)33)11-38-13(2)31/h7-9,18-19,22-23H,10-11H2,1-6H3,(H,28,36)(H,26,27,30,37)/b25-9+/t18-,19+,22+,23+/m0/s1. The number of carbonyl (C=O) groups excluding carboxylic acids is 7. The quantitative estimate of drug-likeness (QED) is 0.108. The zero-order valence-electron chi connectivity index (χ0n) is 23.6. The van der Waals surface area contributed by atoms with Gasteiger partial charge in [0.2, 0.25) is 5.91 Å². The van der Waals surface area contributed by atoms with Gasteiger partial charge < -0.3 is 29.0 Å². The number of hydrogen-bond donors (Lipinski definition) is 2. The van der Waals surface area contributed by atoms with Crippen LogP contribution in [0.2, 0.25) is 0 Å². The number of amides is 2. The fraction of sp³-hybridized carbons (Fsp3) is 0.500. The van der Waals surface area contributed by atoms with E-state index in [9.17, 15) is 38.4 Å². The van der Waals surface area contributed by atoms with Crippen LogP contribution in [0.15, 0.2) is 22.2 Å². The minimum atomic E-state index is -1.73. The van der Waals surface area contributed by atoms with Crippen LogP contribution in [-0.4, -0.2) is 88.4 Å². The van der Waals surface area contributed by atoms with E-state index in [2.05, 4.69) is 20.8 Å². The molecule has 1 heterocycles. The maximum atomic E-state index is 12.4. The van der Waals surface area contributed by atoms with E-state index in [1.165, 1.54) is 19.2 Å². The molecular weight excluding hydrogens is 566 g/mol. The molecule has 18 heteroatoms. The summed E-state index contributed by atoms with van der Waals surface area (Å²) in [4.78, 5) is 98.1. The van der Waals surface area contributed by atoms with Crippen LogP contribution >= 0.6 is 0 Å². The zero-order valence-corrected chi connectivity index (χ0v) is 23.6. The van der Waals surface area contributed by atoms with Crippen LogP contribution in [0, 0.1) is 0 Å². The lowest BCUT2D eigenvalue weighted by Gasteiger charge is -2.34. The van der Waals surface area contributed by atoms with Crippen LogP contribution < -0.4 is 16.4 Å². The lowest BCUT2D eigenvalue weighted by Crippen LogP contribution is -2.53. The Morgan fingerprint density at radius 1 is 0.857 bits per heavy atom. The Balaban J connectivity index is 3.31. The van der Waals surface area contributed by atoms with Gasteiger partial charge in [-0.2, -0.15) is 10.1 Å². The zero-order chi connectivity index (χ0) is 32.0. The molecule has 0 fully saturated rings. The van der Waals surface area contributed by atoms with Crippen molar-refractivity contribution < 1.29 is 57.2 Å². The maximum Gasteiger partial charge on any atom is 0.349 e. The van der Waals surface area contributed by atoms with Gasteiger partial charge in [0.1, 0.15) is 19.0 Å². The van der Waals surface area contributed by atoms with Gasteiger partial charge in [-0.15, -0.1) is 0 Å². The van der Waals surface area contributed by atoms with Gasteiger partial charge in [0.15, 0.2) is 24.4 Å². The topological polar surface area (TPSA) is 237 Å². The van der Waals surface area contributed by atoms with E-state index in [1.807, 2.05) is 0 Å². The Kier molecular flexibility index (Phi) is 14.0. The van der Waals surface area contributed by atoms with Crippen LogP contribution in [0.1, 0.15) is 41.5 Å². The summed E-state index contributed by atoms with van der Waals surface area (Å²) >= 11 is 0. The molecule has 0 aliphatic heterocycles. The van der Waals surface area contributed by atoms with E-state index < -0.39 is 84.9 Å². The van der Waals surface area contributed by atoms with E-state index in [0.717, 1.165) is 45.4 Å². The first-order chi connectivity index (χ1) is 19.6. The summed E-state index contributed by atoms with van der Waals surface area (Å²) in [6, 6.07) is 1.28. The molecular formula is C24H31N5O13. The number of rotatable bonds is 14. The average Bonchev–Trinajstić information content (AvgIpc) is 2.84. The molecule has 0 saturated heterocycles. The number of hydrogen-bond acceptors (Lipinski definition) is 15. The van der Waals surface area contributed by atoms with Gasteiger partial charge in [0.25, 0.3) is 5.91 Å². The SMILES string of the molecule is CC(=O)Nc1ccn(CC(=O)N/N=C/[C@H](OC(C)=O)[C@@H](OC(C)=O)[C@H](OC(C)=O)[C@@H](COC(C)=O)OC(C)=O)c(=O)n1. The summed E-state index contributed by atoms with van der Waals surface area (Å²) in [7, 11) is 0. The molecule has 230 valence electrons. The van der Waals surface area contributed by atoms with Crippen molar-refractivity contribution in [1.82, 2.24) is 15.0 Å². The Labute approximate surface area is 238 Å². The molecule has 1 aromatic rings. The highest BCUT2D eigenvalue weighted by atomic mass is 16.6. The molecule has 18 nitrogen and oxygen atoms in total. The van der Waals surface area contributed by atoms with E-state index in [1.54, 1.807) is 0 Å². The number of anilines is 1. The second-order valence-corrected chi connectivity index (χ2v) is 8.39. The van der Waals surface area contributed by atoms with Crippen LogP contribution in [0.5, 0.6) is 0 Å². The fourth-order valence-electron chi connectivity index (χ4n) is 3.21. The molecule has 1 aromatic heterocycles. The van der Waals surface area contributed by atoms with Crippen LogP contribution in [0.25, 0.3) is 0 Å². The summed E-state index contributed by atoms with van der Waals surface area (Å²) < 4.78 is 26.6. The van der Waals surface area contributed by atoms with Gasteiger partial charge in [0.05, 0.1) is 6.21 Å². The minimum absolute atomic E-state index is 0.0222. The predicted molar refractivity (Wildman–Crippen MR) is 138 cm³/mol. The molecule has 0 radical (unpaired) electrons. The highest BCUT2D eigenvalue weighted by Crippen LogP contribution is 2.19. The fourth-order valence-corrected chi connectivity index (χ4v) is 3.21. The third-order valence-electron chi connectivity index (χ3n) is 4.59. The summed E-state index contributed by atoms with van der Waals surface area (Å²) in [6.45, 7) is 5.06. The van der Waals surface area contributed by atoms with Gasteiger partial charge in [-0.25, -0.2) is 10.2 Å². The Hall–Kier alpha value is -5.16. The summed E-state index contributed by atoms with van der Waals surface area (Å²) in [6.07, 6.45) is -4.61. The van der Waals surface area contributed by atoms with Crippen molar-refractivity contribution in [3.05, 3.63) is 22.7 Å². The molecule has 0 bridgehead atoms. The first-order valence-electron chi connectivity index (χ1n) is 12.1. The molecule has 42 heavy (non-hydrogen) atoms. The largest absolute Gasteiger partial charge is 0.462 e. The second-order valence-electron chi connectivity index (χ2n) is 8.39. The van der Waals surface area contributed by atoms with Gasteiger partial charge in [-0.05, 0) is 6.07 Å². The maximum absolute atomic E-state index is 12.4. The highest BCUT2D eigenvalue weighted by Gasteiger charge is 2.43. The molecule has 2 amide bonds. The second kappa shape index (κ2) is 16.8. The number of nitrogens with one attached hydrogen (secondary N) is 2. The van der Waals surface area contributed by atoms with Gasteiger partial charge in [-0.1, -0.05) is 0 Å². The van der Waals surface area contributed by atoms with Crippen molar-refractivity contribution in [2.45, 2.75) is 72.5 Å². The number of ether oxygens (including phenoxy) is 5. The van der Waals surface area contributed by atoms with Crippen molar-refractivity contribution in [3.63, 3.8) is 0 Å². The number of hydrazone groups is 1. The highest BCUT2D eigenvalue weighted by molar-refractivity contribution is 5.87. The number of nitrogens with zero attached hydrogens (tertiary/aromatic N) is 3. The molecule has 0 saturated carbocycles. The molecule has 0 aliphatic carbocycles.